The molecule has 0 N–H and O–H groups in total. The van der Waals surface area contributed by atoms with Crippen molar-refractivity contribution in [2.75, 3.05) is 19.4 Å². The van der Waals surface area contributed by atoms with Crippen LogP contribution in [0.1, 0.15) is 27.7 Å². The summed E-state index contributed by atoms with van der Waals surface area (Å²) in [6.07, 6.45) is 0.694. The van der Waals surface area contributed by atoms with Gasteiger partial charge in [-0.3, -0.25) is 4.57 Å². The molecule has 3 heteroatoms. The first kappa shape index (κ1) is 12.2. The van der Waals surface area contributed by atoms with Gasteiger partial charge in [-0.2, -0.15) is 0 Å². The maximum absolute atomic E-state index is 11.7. The second-order valence-electron chi connectivity index (χ2n) is 4.28. The van der Waals surface area contributed by atoms with Crippen molar-refractivity contribution in [2.24, 2.45) is 11.8 Å². The van der Waals surface area contributed by atoms with E-state index in [0.717, 1.165) is 0 Å². The third kappa shape index (κ3) is 6.87. The summed E-state index contributed by atoms with van der Waals surface area (Å²) >= 11 is 0. The topological polar surface area (TPSA) is 26.3 Å². The third-order valence-corrected chi connectivity index (χ3v) is 3.47. The summed E-state index contributed by atoms with van der Waals surface area (Å²) < 4.78 is 17.1. The zero-order chi connectivity index (χ0) is 9.78. The molecule has 0 aliphatic heterocycles. The van der Waals surface area contributed by atoms with Crippen LogP contribution in [0.5, 0.6) is 0 Å². The summed E-state index contributed by atoms with van der Waals surface area (Å²) in [6, 6.07) is 0. The van der Waals surface area contributed by atoms with Crippen LogP contribution in [0.3, 0.4) is 0 Å². The third-order valence-electron chi connectivity index (χ3n) is 1.38. The number of hydrogen-bond donors (Lipinski definition) is 0. The average molecular weight is 192 g/mol. The van der Waals surface area contributed by atoms with Crippen molar-refractivity contribution >= 4 is 7.37 Å². The van der Waals surface area contributed by atoms with Crippen molar-refractivity contribution in [3.63, 3.8) is 0 Å². The minimum Gasteiger partial charge on any atom is -0.328 e. The van der Waals surface area contributed by atoms with Crippen LogP contribution in [0.2, 0.25) is 0 Å². The molecular formula is C9H21O2P. The van der Waals surface area contributed by atoms with Gasteiger partial charge < -0.3 is 4.52 Å². The monoisotopic (exact) mass is 192 g/mol. The molecule has 0 fully saturated rings. The summed E-state index contributed by atoms with van der Waals surface area (Å²) in [6.45, 7) is 10.6. The molecule has 0 radical (unpaired) electrons. The van der Waals surface area contributed by atoms with E-state index < -0.39 is 7.37 Å². The van der Waals surface area contributed by atoms with E-state index >= 15 is 0 Å². The fourth-order valence-corrected chi connectivity index (χ4v) is 3.07. The lowest BCUT2D eigenvalue weighted by Gasteiger charge is -2.16. The van der Waals surface area contributed by atoms with Gasteiger partial charge in [0.2, 0.25) is 0 Å². The maximum atomic E-state index is 11.7. The second-order valence-corrected chi connectivity index (χ2v) is 6.93. The quantitative estimate of drug-likeness (QED) is 0.625. The highest BCUT2D eigenvalue weighted by molar-refractivity contribution is 7.58. The molecule has 1 unspecified atom stereocenters. The highest BCUT2D eigenvalue weighted by Gasteiger charge is 2.17. The molecule has 1 atom stereocenters. The van der Waals surface area contributed by atoms with Crippen LogP contribution in [-0.2, 0) is 9.09 Å². The Hall–Kier alpha value is 0.190. The minimum atomic E-state index is -2.30. The molecule has 0 spiro atoms. The summed E-state index contributed by atoms with van der Waals surface area (Å²) in [5, 5.41) is 0. The van der Waals surface area contributed by atoms with Crippen LogP contribution in [-0.4, -0.2) is 19.4 Å². The molecule has 0 aromatic rings. The number of rotatable bonds is 5. The van der Waals surface area contributed by atoms with Gasteiger partial charge in [0.25, 0.3) is 0 Å². The first-order valence-corrected chi connectivity index (χ1v) is 6.80. The summed E-state index contributed by atoms with van der Waals surface area (Å²) in [5.74, 6) is 0.915. The van der Waals surface area contributed by atoms with Crippen LogP contribution < -0.4 is 0 Å². The normalized spacial score (nSPS) is 16.9. The number of hydrogen-bond acceptors (Lipinski definition) is 2. The molecule has 0 bridgehead atoms. The van der Waals surface area contributed by atoms with Gasteiger partial charge in [0.1, 0.15) is 0 Å². The molecule has 0 aliphatic carbocycles. The van der Waals surface area contributed by atoms with Gasteiger partial charge in [-0.05, 0) is 11.8 Å². The summed E-state index contributed by atoms with van der Waals surface area (Å²) in [5.41, 5.74) is 0. The molecular weight excluding hydrogens is 171 g/mol. The molecule has 0 aliphatic rings. The van der Waals surface area contributed by atoms with Gasteiger partial charge >= 0.3 is 0 Å². The fourth-order valence-electron chi connectivity index (χ4n) is 1.02. The standard InChI is InChI=1S/C9H21O2P/c1-8(2)6-11-12(5,10)7-9(3)4/h8-9H,6-7H2,1-5H3. The maximum Gasteiger partial charge on any atom is 0.200 e. The highest BCUT2D eigenvalue weighted by Crippen LogP contribution is 2.44. The van der Waals surface area contributed by atoms with Gasteiger partial charge in [-0.1, -0.05) is 27.7 Å². The molecule has 12 heavy (non-hydrogen) atoms. The largest absolute Gasteiger partial charge is 0.328 e. The van der Waals surface area contributed by atoms with E-state index in [-0.39, 0.29) is 0 Å². The Bertz CT molecular complexity index is 164. The van der Waals surface area contributed by atoms with Gasteiger partial charge in [-0.15, -0.1) is 0 Å². The molecule has 2 nitrogen and oxygen atoms in total. The van der Waals surface area contributed by atoms with E-state index in [1.54, 1.807) is 6.66 Å². The van der Waals surface area contributed by atoms with Crippen LogP contribution in [0, 0.1) is 11.8 Å². The van der Waals surface area contributed by atoms with E-state index in [9.17, 15) is 4.57 Å². The van der Waals surface area contributed by atoms with E-state index in [4.69, 9.17) is 4.52 Å². The van der Waals surface area contributed by atoms with Crippen LogP contribution in [0.15, 0.2) is 0 Å². The Kier molecular flexibility index (Phi) is 5.12. The van der Waals surface area contributed by atoms with Crippen molar-refractivity contribution in [3.05, 3.63) is 0 Å². The van der Waals surface area contributed by atoms with Gasteiger partial charge in [0, 0.05) is 12.8 Å². The minimum absolute atomic E-state index is 0.452. The Labute approximate surface area is 76.1 Å². The first-order chi connectivity index (χ1) is 5.33. The lowest BCUT2D eigenvalue weighted by atomic mass is 10.2. The summed E-state index contributed by atoms with van der Waals surface area (Å²) in [7, 11) is -2.30. The van der Waals surface area contributed by atoms with Crippen molar-refractivity contribution < 1.29 is 9.09 Å². The van der Waals surface area contributed by atoms with Gasteiger partial charge in [0.15, 0.2) is 7.37 Å². The molecule has 0 saturated heterocycles. The van der Waals surface area contributed by atoms with Crippen LogP contribution in [0.4, 0.5) is 0 Å². The van der Waals surface area contributed by atoms with Crippen LogP contribution >= 0.6 is 7.37 Å². The average Bonchev–Trinajstić information content (AvgIpc) is 1.81. The van der Waals surface area contributed by atoms with E-state index in [1.807, 2.05) is 0 Å². The summed E-state index contributed by atoms with van der Waals surface area (Å²) in [4.78, 5) is 0. The predicted octanol–water partition coefficient (Wildman–Crippen LogP) is 3.22. The Balaban J connectivity index is 3.80. The zero-order valence-corrected chi connectivity index (χ0v) is 9.73. The molecule has 0 saturated carbocycles. The van der Waals surface area contributed by atoms with E-state index in [2.05, 4.69) is 27.7 Å². The molecule has 0 rings (SSSR count). The molecule has 0 heterocycles. The van der Waals surface area contributed by atoms with Crippen LogP contribution in [0.25, 0.3) is 0 Å². The van der Waals surface area contributed by atoms with Crippen molar-refractivity contribution in [3.8, 4) is 0 Å². The molecule has 0 amide bonds. The Morgan fingerprint density at radius 2 is 1.67 bits per heavy atom. The zero-order valence-electron chi connectivity index (χ0n) is 8.83. The highest BCUT2D eigenvalue weighted by atomic mass is 31.2. The molecule has 74 valence electrons. The van der Waals surface area contributed by atoms with Gasteiger partial charge in [0.05, 0.1) is 6.61 Å². The first-order valence-electron chi connectivity index (χ1n) is 4.54. The fraction of sp³-hybridized carbons (Fsp3) is 1.00. The van der Waals surface area contributed by atoms with Crippen molar-refractivity contribution in [1.82, 2.24) is 0 Å². The second kappa shape index (κ2) is 5.04. The van der Waals surface area contributed by atoms with Crippen molar-refractivity contribution in [2.45, 2.75) is 27.7 Å². The molecule has 0 aromatic carbocycles. The van der Waals surface area contributed by atoms with E-state index in [1.165, 1.54) is 0 Å². The smallest absolute Gasteiger partial charge is 0.200 e. The lowest BCUT2D eigenvalue weighted by Crippen LogP contribution is -2.05. The van der Waals surface area contributed by atoms with E-state index in [0.29, 0.717) is 24.6 Å². The Morgan fingerprint density at radius 3 is 2.00 bits per heavy atom. The van der Waals surface area contributed by atoms with Crippen molar-refractivity contribution in [1.29, 1.82) is 0 Å². The Morgan fingerprint density at radius 1 is 1.17 bits per heavy atom. The lowest BCUT2D eigenvalue weighted by molar-refractivity contribution is 0.271. The van der Waals surface area contributed by atoms with Gasteiger partial charge in [-0.25, -0.2) is 0 Å². The SMILES string of the molecule is CC(C)COP(C)(=O)CC(C)C. The predicted molar refractivity (Wildman–Crippen MR) is 54.0 cm³/mol. The molecule has 0 aromatic heterocycles.